The van der Waals surface area contributed by atoms with Gasteiger partial charge in [0.1, 0.15) is 29.7 Å². The highest BCUT2D eigenvalue weighted by atomic mass is 32.2. The van der Waals surface area contributed by atoms with Crippen molar-refractivity contribution >= 4 is 58.4 Å². The molecule has 3 unspecified atom stereocenters. The SMILES string of the molecule is CCOC(=O)[C@H]1CSC(C(C)N(C(C)=O)c2cc(F)cc(F)c2)=N1.COC(=O)C1(Cc2ccccc2)CN(C(=O)OC(C)(C)C)C(C(C)NC(=O)OCc2ccccc2)=N1. The molecule has 1 N–H and O–H groups in total. The topological polar surface area (TPSA) is 166 Å². The Hall–Kier alpha value is -5.84. The number of hydrogen-bond donors (Lipinski definition) is 1. The molecule has 2 heterocycles. The number of rotatable bonds is 12. The highest BCUT2D eigenvalue weighted by Gasteiger charge is 2.51. The Morgan fingerprint density at radius 1 is 0.950 bits per heavy atom. The molecule has 0 spiro atoms. The zero-order chi connectivity index (χ0) is 44.2. The van der Waals surface area contributed by atoms with Crippen LogP contribution in [0.25, 0.3) is 0 Å². The van der Waals surface area contributed by atoms with Gasteiger partial charge in [-0.25, -0.2) is 33.0 Å². The van der Waals surface area contributed by atoms with E-state index in [-0.39, 0.29) is 43.6 Å². The lowest BCUT2D eigenvalue weighted by atomic mass is 9.91. The van der Waals surface area contributed by atoms with Crippen molar-refractivity contribution in [3.05, 3.63) is 102 Å². The number of alkyl carbamates (subject to hydrolysis) is 1. The average molecular weight is 852 g/mol. The first-order valence-electron chi connectivity index (χ1n) is 19.2. The van der Waals surface area contributed by atoms with Crippen molar-refractivity contribution in [3.63, 3.8) is 0 Å². The molecule has 5 rings (SSSR count). The highest BCUT2D eigenvalue weighted by Crippen LogP contribution is 2.31. The molecular formula is C43H51F2N5O9S. The Bertz CT molecular complexity index is 2050. The van der Waals surface area contributed by atoms with Gasteiger partial charge in [0.15, 0.2) is 11.6 Å². The summed E-state index contributed by atoms with van der Waals surface area (Å²) in [6, 6.07) is 19.6. The van der Waals surface area contributed by atoms with Gasteiger partial charge < -0.3 is 29.2 Å². The summed E-state index contributed by atoms with van der Waals surface area (Å²) in [6.07, 6.45) is -1.16. The number of nitrogens with one attached hydrogen (secondary N) is 1. The molecule has 4 atom stereocenters. The summed E-state index contributed by atoms with van der Waals surface area (Å²) in [5, 5.41) is 3.25. The number of methoxy groups -OCH3 is 1. The molecule has 3 amide bonds. The number of carbonyl (C=O) groups excluding carboxylic acids is 5. The third kappa shape index (κ3) is 12.8. The van der Waals surface area contributed by atoms with Crippen molar-refractivity contribution in [2.24, 2.45) is 9.98 Å². The maximum atomic E-state index is 13.5. The van der Waals surface area contributed by atoms with E-state index in [4.69, 9.17) is 18.9 Å². The number of halogens is 2. The number of ether oxygens (including phenoxy) is 4. The number of nitrogens with zero attached hydrogens (tertiary/aromatic N) is 4. The van der Waals surface area contributed by atoms with Crippen molar-refractivity contribution in [2.45, 2.75) is 90.8 Å². The first-order chi connectivity index (χ1) is 28.4. The molecule has 2 aliphatic heterocycles. The summed E-state index contributed by atoms with van der Waals surface area (Å²) in [5.74, 6) is -2.32. The number of carbonyl (C=O) groups is 5. The van der Waals surface area contributed by atoms with E-state index in [1.807, 2.05) is 60.7 Å². The van der Waals surface area contributed by atoms with Crippen LogP contribution in [-0.2, 0) is 46.4 Å². The third-order valence-corrected chi connectivity index (χ3v) is 10.1. The lowest BCUT2D eigenvalue weighted by molar-refractivity contribution is -0.147. The zero-order valence-electron chi connectivity index (χ0n) is 34.9. The molecule has 0 bridgehead atoms. The second-order valence-electron chi connectivity index (χ2n) is 14.9. The van der Waals surface area contributed by atoms with Crippen LogP contribution in [0, 0.1) is 11.6 Å². The molecule has 0 saturated heterocycles. The molecule has 0 saturated carbocycles. The van der Waals surface area contributed by atoms with E-state index in [0.29, 0.717) is 10.8 Å². The fourth-order valence-corrected chi connectivity index (χ4v) is 7.41. The van der Waals surface area contributed by atoms with E-state index < -0.39 is 65.0 Å². The minimum Gasteiger partial charge on any atom is -0.467 e. The Morgan fingerprint density at radius 2 is 1.55 bits per heavy atom. The van der Waals surface area contributed by atoms with Crippen molar-refractivity contribution in [3.8, 4) is 0 Å². The lowest BCUT2D eigenvalue weighted by Gasteiger charge is -2.28. The highest BCUT2D eigenvalue weighted by molar-refractivity contribution is 8.14. The van der Waals surface area contributed by atoms with Gasteiger partial charge in [0.25, 0.3) is 0 Å². The van der Waals surface area contributed by atoms with Gasteiger partial charge in [-0.15, -0.1) is 11.8 Å². The summed E-state index contributed by atoms with van der Waals surface area (Å²) in [4.78, 5) is 74.0. The van der Waals surface area contributed by atoms with E-state index in [2.05, 4.69) is 15.3 Å². The number of aliphatic imine (C=N–C) groups is 2. The van der Waals surface area contributed by atoms with Crippen LogP contribution >= 0.6 is 11.8 Å². The average Bonchev–Trinajstić information content (AvgIpc) is 3.84. The smallest absolute Gasteiger partial charge is 0.415 e. The van der Waals surface area contributed by atoms with E-state index >= 15 is 0 Å². The number of anilines is 1. The number of esters is 2. The standard InChI is InChI=1S/C27H33N3O6.C16H18F2N2O3S/c1-19(28-24(32)35-17-21-14-10-7-11-15-21)22-29-27(23(31)34-5,16-20-12-8-6-9-13-20)18-30(22)25(33)36-26(2,3)4;1-4-23-16(22)14-8-24-15(19-14)9(2)20(10(3)21)13-6-11(17)5-12(18)7-13/h6-15,19H,16-18H2,1-5H3,(H,28,32);5-7,9,14H,4,8H2,1-3H3/t;9?,14-/m.1/s1. The number of amidine groups is 1. The van der Waals surface area contributed by atoms with Gasteiger partial charge in [-0.1, -0.05) is 60.7 Å². The van der Waals surface area contributed by atoms with E-state index in [9.17, 15) is 32.8 Å². The predicted octanol–water partition coefficient (Wildman–Crippen LogP) is 6.89. The minimum atomic E-state index is -1.40. The van der Waals surface area contributed by atoms with Crippen LogP contribution in [0.3, 0.4) is 0 Å². The second kappa shape index (κ2) is 20.9. The molecule has 2 aliphatic rings. The van der Waals surface area contributed by atoms with E-state index in [1.165, 1.54) is 35.6 Å². The molecule has 322 valence electrons. The first kappa shape index (κ1) is 46.8. The molecule has 17 heteroatoms. The van der Waals surface area contributed by atoms with Gasteiger partial charge in [0.05, 0.1) is 43.1 Å². The summed E-state index contributed by atoms with van der Waals surface area (Å²) in [7, 11) is 1.28. The normalized spacial score (nSPS) is 18.1. The van der Waals surface area contributed by atoms with Crippen LogP contribution in [-0.4, -0.2) is 101 Å². The summed E-state index contributed by atoms with van der Waals surface area (Å²) >= 11 is 1.33. The maximum Gasteiger partial charge on any atom is 0.415 e. The van der Waals surface area contributed by atoms with Crippen molar-refractivity contribution in [1.29, 1.82) is 0 Å². The molecule has 0 aromatic heterocycles. The van der Waals surface area contributed by atoms with Crippen LogP contribution < -0.4 is 10.2 Å². The number of benzene rings is 3. The molecule has 60 heavy (non-hydrogen) atoms. The van der Waals surface area contributed by atoms with Gasteiger partial charge in [0.2, 0.25) is 5.91 Å². The van der Waals surface area contributed by atoms with Crippen LogP contribution in [0.5, 0.6) is 0 Å². The van der Waals surface area contributed by atoms with E-state index in [1.54, 1.807) is 41.5 Å². The lowest BCUT2D eigenvalue weighted by Crippen LogP contribution is -2.51. The second-order valence-corrected chi connectivity index (χ2v) is 15.9. The maximum absolute atomic E-state index is 13.5. The Morgan fingerprint density at radius 3 is 2.10 bits per heavy atom. The number of thioether (sulfide) groups is 1. The number of amides is 3. The van der Waals surface area contributed by atoms with Crippen LogP contribution in [0.4, 0.5) is 24.1 Å². The Kier molecular flexibility index (Phi) is 16.3. The van der Waals surface area contributed by atoms with Crippen molar-refractivity contribution in [2.75, 3.05) is 30.9 Å². The third-order valence-electron chi connectivity index (χ3n) is 8.92. The molecular weight excluding hydrogens is 801 g/mol. The largest absolute Gasteiger partial charge is 0.467 e. The van der Waals surface area contributed by atoms with Crippen LogP contribution in [0.15, 0.2) is 88.8 Å². The van der Waals surface area contributed by atoms with Gasteiger partial charge in [-0.05, 0) is 64.8 Å². The minimum absolute atomic E-state index is 0.0851. The molecule has 0 radical (unpaired) electrons. The first-order valence-corrected chi connectivity index (χ1v) is 20.2. The fraction of sp³-hybridized carbons (Fsp3) is 0.419. The van der Waals surface area contributed by atoms with Gasteiger partial charge >= 0.3 is 24.1 Å². The molecule has 0 fully saturated rings. The number of hydrogen-bond acceptors (Lipinski definition) is 12. The predicted molar refractivity (Wildman–Crippen MR) is 224 cm³/mol. The van der Waals surface area contributed by atoms with Crippen molar-refractivity contribution < 1.29 is 51.7 Å². The van der Waals surface area contributed by atoms with Gasteiger partial charge in [0, 0.05) is 25.2 Å². The van der Waals surface area contributed by atoms with Crippen molar-refractivity contribution in [1.82, 2.24) is 10.2 Å². The molecule has 14 nitrogen and oxygen atoms in total. The summed E-state index contributed by atoms with van der Waals surface area (Å²) < 4.78 is 47.9. The van der Waals surface area contributed by atoms with E-state index in [0.717, 1.165) is 29.3 Å². The molecule has 3 aromatic carbocycles. The monoisotopic (exact) mass is 851 g/mol. The van der Waals surface area contributed by atoms with Crippen LogP contribution in [0.1, 0.15) is 59.6 Å². The molecule has 0 aliphatic carbocycles. The fourth-order valence-electron chi connectivity index (χ4n) is 6.32. The van der Waals surface area contributed by atoms with Gasteiger partial charge in [-0.2, -0.15) is 0 Å². The quantitative estimate of drug-likeness (QED) is 0.150. The Labute approximate surface area is 352 Å². The Balaban J connectivity index is 0.000000287. The summed E-state index contributed by atoms with van der Waals surface area (Å²) in [6.45, 7) is 11.9. The molecule has 3 aromatic rings. The van der Waals surface area contributed by atoms with Gasteiger partial charge in [-0.3, -0.25) is 14.7 Å². The van der Waals surface area contributed by atoms with Crippen LogP contribution in [0.2, 0.25) is 0 Å². The zero-order valence-corrected chi connectivity index (χ0v) is 35.7. The summed E-state index contributed by atoms with van der Waals surface area (Å²) in [5.41, 5.74) is -0.382.